The van der Waals surface area contributed by atoms with E-state index in [2.05, 4.69) is 23.3 Å². The molecule has 0 amide bonds. The van der Waals surface area contributed by atoms with Crippen molar-refractivity contribution in [1.29, 1.82) is 0 Å². The number of hydrogen-bond donors (Lipinski definition) is 0. The zero-order chi connectivity index (χ0) is 11.7. The Balaban J connectivity index is 0.000000288. The van der Waals surface area contributed by atoms with Gasteiger partial charge in [0.25, 0.3) is 0 Å². The van der Waals surface area contributed by atoms with Crippen LogP contribution in [0, 0.1) is 0 Å². The molecule has 0 aromatic rings. The van der Waals surface area contributed by atoms with E-state index in [0.29, 0.717) is 0 Å². The van der Waals surface area contributed by atoms with Crippen molar-refractivity contribution in [2.24, 2.45) is 0 Å². The molecule has 1 rings (SSSR count). The average Bonchev–Trinajstić information content (AvgIpc) is 2.22. The summed E-state index contributed by atoms with van der Waals surface area (Å²) in [4.78, 5) is 20.8. The normalized spacial score (nSPS) is 19.8. The molecule has 1 aliphatic rings. The Morgan fingerprint density at radius 2 is 1.73 bits per heavy atom. The molecule has 0 spiro atoms. The molecule has 1 unspecified atom stereocenters. The quantitative estimate of drug-likeness (QED) is 0.535. The lowest BCUT2D eigenvalue weighted by Gasteiger charge is -2.16. The van der Waals surface area contributed by atoms with E-state index in [0.717, 1.165) is 0 Å². The molecule has 0 aliphatic carbocycles. The lowest BCUT2D eigenvalue weighted by atomic mass is 10.2. The SMILES string of the molecule is CC1OC(=O)COC1=O.CCCCCC. The first-order chi connectivity index (χ1) is 7.11. The minimum absolute atomic E-state index is 0.247. The molecule has 0 aromatic carbocycles. The molecule has 4 heteroatoms. The van der Waals surface area contributed by atoms with Crippen LogP contribution in [-0.4, -0.2) is 24.6 Å². The summed E-state index contributed by atoms with van der Waals surface area (Å²) in [6, 6.07) is 0. The van der Waals surface area contributed by atoms with E-state index in [1.807, 2.05) is 0 Å². The molecular weight excluding hydrogens is 196 g/mol. The maximum Gasteiger partial charge on any atom is 0.347 e. The number of carbonyl (C=O) groups is 2. The molecular formula is C11H20O4. The summed E-state index contributed by atoms with van der Waals surface area (Å²) in [5.74, 6) is -0.961. The van der Waals surface area contributed by atoms with Crippen LogP contribution in [0.1, 0.15) is 46.5 Å². The van der Waals surface area contributed by atoms with Gasteiger partial charge in [0.15, 0.2) is 12.7 Å². The topological polar surface area (TPSA) is 52.6 Å². The minimum atomic E-state index is -0.730. The van der Waals surface area contributed by atoms with E-state index in [1.54, 1.807) is 0 Å². The van der Waals surface area contributed by atoms with Crippen LogP contribution in [0.2, 0.25) is 0 Å². The van der Waals surface area contributed by atoms with E-state index in [9.17, 15) is 9.59 Å². The second kappa shape index (κ2) is 8.26. The highest BCUT2D eigenvalue weighted by Crippen LogP contribution is 2.01. The monoisotopic (exact) mass is 216 g/mol. The van der Waals surface area contributed by atoms with E-state index in [-0.39, 0.29) is 6.61 Å². The van der Waals surface area contributed by atoms with Crippen molar-refractivity contribution in [2.45, 2.75) is 52.6 Å². The molecule has 0 saturated carbocycles. The van der Waals surface area contributed by atoms with Gasteiger partial charge in [-0.1, -0.05) is 39.5 Å². The minimum Gasteiger partial charge on any atom is -0.451 e. The van der Waals surface area contributed by atoms with E-state index < -0.39 is 18.0 Å². The van der Waals surface area contributed by atoms with Gasteiger partial charge in [-0.2, -0.15) is 0 Å². The Kier molecular flexibility index (Phi) is 7.68. The van der Waals surface area contributed by atoms with Crippen molar-refractivity contribution in [2.75, 3.05) is 6.61 Å². The van der Waals surface area contributed by atoms with Crippen LogP contribution in [0.25, 0.3) is 0 Å². The third-order valence-corrected chi connectivity index (χ3v) is 1.93. The van der Waals surface area contributed by atoms with Crippen LogP contribution in [-0.2, 0) is 19.1 Å². The molecule has 1 heterocycles. The van der Waals surface area contributed by atoms with Gasteiger partial charge in [0, 0.05) is 0 Å². The van der Waals surface area contributed by atoms with Crippen molar-refractivity contribution in [1.82, 2.24) is 0 Å². The van der Waals surface area contributed by atoms with Gasteiger partial charge in [-0.15, -0.1) is 0 Å². The van der Waals surface area contributed by atoms with E-state index in [1.165, 1.54) is 32.6 Å². The highest BCUT2D eigenvalue weighted by Gasteiger charge is 2.25. The lowest BCUT2D eigenvalue weighted by Crippen LogP contribution is -2.35. The summed E-state index contributed by atoms with van der Waals surface area (Å²) in [5, 5.41) is 0. The molecule has 1 fully saturated rings. The third kappa shape index (κ3) is 6.94. The number of cyclic esters (lactones) is 2. The summed E-state index contributed by atoms with van der Waals surface area (Å²) >= 11 is 0. The number of hydrogen-bond acceptors (Lipinski definition) is 4. The Bertz CT molecular complexity index is 197. The van der Waals surface area contributed by atoms with Crippen LogP contribution in [0.4, 0.5) is 0 Å². The maximum atomic E-state index is 10.4. The number of ether oxygens (including phenoxy) is 2. The molecule has 1 saturated heterocycles. The van der Waals surface area contributed by atoms with Crippen LogP contribution in [0.3, 0.4) is 0 Å². The summed E-state index contributed by atoms with van der Waals surface area (Å²) in [7, 11) is 0. The Morgan fingerprint density at radius 3 is 2.07 bits per heavy atom. The van der Waals surface area contributed by atoms with Crippen LogP contribution < -0.4 is 0 Å². The number of esters is 2. The second-order valence-corrected chi connectivity index (χ2v) is 3.45. The van der Waals surface area contributed by atoms with Crippen molar-refractivity contribution < 1.29 is 19.1 Å². The zero-order valence-electron chi connectivity index (χ0n) is 9.75. The lowest BCUT2D eigenvalue weighted by molar-refractivity contribution is -0.183. The number of carbonyl (C=O) groups excluding carboxylic acids is 2. The fourth-order valence-corrected chi connectivity index (χ4v) is 1.03. The zero-order valence-corrected chi connectivity index (χ0v) is 9.75. The fourth-order valence-electron chi connectivity index (χ4n) is 1.03. The van der Waals surface area contributed by atoms with Crippen LogP contribution in [0.15, 0.2) is 0 Å². The molecule has 0 radical (unpaired) electrons. The standard InChI is InChI=1S/C6H14.C5H6O4/c1-3-5-6-4-2;1-3-5(7)8-2-4(6)9-3/h3-6H2,1-2H3;3H,2H2,1H3. The van der Waals surface area contributed by atoms with Crippen molar-refractivity contribution in [3.8, 4) is 0 Å². The first kappa shape index (κ1) is 13.9. The first-order valence-corrected chi connectivity index (χ1v) is 5.47. The first-order valence-electron chi connectivity index (χ1n) is 5.47. The molecule has 1 atom stereocenters. The smallest absolute Gasteiger partial charge is 0.347 e. The maximum absolute atomic E-state index is 10.4. The van der Waals surface area contributed by atoms with Gasteiger partial charge in [0.1, 0.15) is 0 Å². The van der Waals surface area contributed by atoms with Gasteiger partial charge < -0.3 is 9.47 Å². The van der Waals surface area contributed by atoms with Crippen LogP contribution in [0.5, 0.6) is 0 Å². The summed E-state index contributed by atoms with van der Waals surface area (Å²) in [6.45, 7) is 5.69. The van der Waals surface area contributed by atoms with Gasteiger partial charge in [-0.25, -0.2) is 9.59 Å². The average molecular weight is 216 g/mol. The highest BCUT2D eigenvalue weighted by molar-refractivity contribution is 5.84. The molecule has 15 heavy (non-hydrogen) atoms. The predicted molar refractivity (Wildman–Crippen MR) is 56.3 cm³/mol. The fraction of sp³-hybridized carbons (Fsp3) is 0.818. The van der Waals surface area contributed by atoms with Gasteiger partial charge >= 0.3 is 11.9 Å². The predicted octanol–water partition coefficient (Wildman–Crippen LogP) is 2.06. The van der Waals surface area contributed by atoms with E-state index >= 15 is 0 Å². The van der Waals surface area contributed by atoms with Crippen molar-refractivity contribution in [3.63, 3.8) is 0 Å². The molecule has 1 aliphatic heterocycles. The van der Waals surface area contributed by atoms with Gasteiger partial charge in [0.05, 0.1) is 0 Å². The van der Waals surface area contributed by atoms with Gasteiger partial charge in [-0.05, 0) is 6.92 Å². The highest BCUT2D eigenvalue weighted by atomic mass is 16.6. The van der Waals surface area contributed by atoms with Gasteiger partial charge in [0.2, 0.25) is 0 Å². The van der Waals surface area contributed by atoms with Crippen LogP contribution >= 0.6 is 0 Å². The summed E-state index contributed by atoms with van der Waals surface area (Å²) in [6.07, 6.45) is 4.81. The molecule has 4 nitrogen and oxygen atoms in total. The number of unbranched alkanes of at least 4 members (excludes halogenated alkanes) is 3. The largest absolute Gasteiger partial charge is 0.451 e. The third-order valence-electron chi connectivity index (χ3n) is 1.93. The second-order valence-electron chi connectivity index (χ2n) is 3.45. The summed E-state index contributed by atoms with van der Waals surface area (Å²) in [5.41, 5.74) is 0. The Labute approximate surface area is 90.9 Å². The van der Waals surface area contributed by atoms with Crippen molar-refractivity contribution in [3.05, 3.63) is 0 Å². The van der Waals surface area contributed by atoms with Gasteiger partial charge in [-0.3, -0.25) is 0 Å². The summed E-state index contributed by atoms with van der Waals surface area (Å²) < 4.78 is 8.87. The Hall–Kier alpha value is -1.06. The molecule has 0 N–H and O–H groups in total. The molecule has 0 bridgehead atoms. The molecule has 0 aromatic heterocycles. The Morgan fingerprint density at radius 1 is 1.20 bits per heavy atom. The van der Waals surface area contributed by atoms with E-state index in [4.69, 9.17) is 0 Å². The van der Waals surface area contributed by atoms with Crippen molar-refractivity contribution >= 4 is 11.9 Å². The number of rotatable bonds is 3. The molecule has 88 valence electrons.